The van der Waals surface area contributed by atoms with E-state index >= 15 is 0 Å². The lowest BCUT2D eigenvalue weighted by molar-refractivity contribution is -0.159. The lowest BCUT2D eigenvalue weighted by Crippen LogP contribution is -2.21. The Bertz CT molecular complexity index is 536. The number of rotatable bonds is 32. The number of esters is 2. The average Bonchev–Trinajstić information content (AvgIpc) is 2.95. The van der Waals surface area contributed by atoms with Gasteiger partial charge in [0.2, 0.25) is 0 Å². The minimum Gasteiger partial charge on any atom is -0.392 e. The molecule has 0 saturated heterocycles. The molecule has 0 fully saturated rings. The Kier molecular flexibility index (Phi) is 32.5. The summed E-state index contributed by atoms with van der Waals surface area (Å²) < 4.78 is 4.99. The molecular weight excluding hydrogens is 516 g/mol. The predicted molar refractivity (Wildman–Crippen MR) is 175 cm³/mol. The Labute approximate surface area is 255 Å². The Hall–Kier alpha value is -0.570. The van der Waals surface area contributed by atoms with E-state index in [1.54, 1.807) is 0 Å². The van der Waals surface area contributed by atoms with Crippen LogP contribution in [0.25, 0.3) is 0 Å². The molecule has 1 unspecified atom stereocenters. The van der Waals surface area contributed by atoms with Crippen LogP contribution in [0.2, 0.25) is 0 Å². The fourth-order valence-corrected chi connectivity index (χ4v) is 5.70. The molecule has 0 N–H and O–H groups in total. The van der Waals surface area contributed by atoms with Gasteiger partial charge in [0, 0.05) is 6.42 Å². The molecule has 0 rings (SSSR count). The lowest BCUT2D eigenvalue weighted by atomic mass is 10.0. The van der Waals surface area contributed by atoms with Gasteiger partial charge in [0.1, 0.15) is 5.38 Å². The van der Waals surface area contributed by atoms with E-state index < -0.39 is 17.3 Å². The summed E-state index contributed by atoms with van der Waals surface area (Å²) in [5.74, 6) is -0.964. The van der Waals surface area contributed by atoms with E-state index in [4.69, 9.17) is 16.3 Å². The topological polar surface area (TPSA) is 43.4 Å². The summed E-state index contributed by atoms with van der Waals surface area (Å²) in [6.45, 7) is 4.54. The third-order valence-electron chi connectivity index (χ3n) is 8.27. The summed E-state index contributed by atoms with van der Waals surface area (Å²) in [5, 5.41) is -0.692. The molecule has 0 aromatic carbocycles. The Morgan fingerprint density at radius 1 is 0.450 bits per heavy atom. The summed E-state index contributed by atoms with van der Waals surface area (Å²) >= 11 is 6.20. The van der Waals surface area contributed by atoms with E-state index in [-0.39, 0.29) is 0 Å². The first-order valence-electron chi connectivity index (χ1n) is 18.0. The number of carbonyl (C=O) groups is 2. The molecule has 0 bridgehead atoms. The average molecular weight is 585 g/mol. The van der Waals surface area contributed by atoms with Crippen LogP contribution in [0.1, 0.15) is 213 Å². The summed E-state index contributed by atoms with van der Waals surface area (Å²) in [6.07, 6.45) is 38.6. The van der Waals surface area contributed by atoms with Gasteiger partial charge < -0.3 is 4.74 Å². The zero-order valence-corrected chi connectivity index (χ0v) is 27.9. The molecule has 0 heterocycles. The molecule has 4 heteroatoms. The number of carbonyl (C=O) groups excluding carboxylic acids is 2. The summed E-state index contributed by atoms with van der Waals surface area (Å²) in [7, 11) is 0. The normalized spacial score (nSPS) is 12.1. The molecule has 1 atom stereocenters. The van der Waals surface area contributed by atoms with Gasteiger partial charge in [-0.3, -0.25) is 4.79 Å². The standard InChI is InChI=1S/C36H69ClO3/c1-3-5-7-9-11-13-15-17-19-21-23-25-27-29-31-33-35(38)40-36(39)34(37)32-30-28-26-24-22-20-18-16-14-12-10-8-6-4-2/h34H,3-33H2,1-2H3. The van der Waals surface area contributed by atoms with Crippen molar-refractivity contribution in [3.05, 3.63) is 0 Å². The van der Waals surface area contributed by atoms with Crippen molar-refractivity contribution in [3.63, 3.8) is 0 Å². The van der Waals surface area contributed by atoms with Crippen molar-refractivity contribution in [1.82, 2.24) is 0 Å². The van der Waals surface area contributed by atoms with Crippen LogP contribution in [-0.2, 0) is 14.3 Å². The number of ether oxygens (including phenoxy) is 1. The van der Waals surface area contributed by atoms with E-state index in [9.17, 15) is 9.59 Å². The number of hydrogen-bond donors (Lipinski definition) is 0. The SMILES string of the molecule is CCCCCCCCCCCCCCCCCC(=O)OC(=O)C(Cl)CCCCCCCCCCCCCCCC. The number of alkyl halides is 1. The van der Waals surface area contributed by atoms with E-state index in [0.717, 1.165) is 32.1 Å². The second kappa shape index (κ2) is 32.9. The monoisotopic (exact) mass is 584 g/mol. The third kappa shape index (κ3) is 30.4. The fourth-order valence-electron chi connectivity index (χ4n) is 5.50. The van der Waals surface area contributed by atoms with Crippen LogP contribution in [-0.4, -0.2) is 17.3 Å². The van der Waals surface area contributed by atoms with Gasteiger partial charge in [-0.05, 0) is 12.8 Å². The van der Waals surface area contributed by atoms with Gasteiger partial charge in [-0.25, -0.2) is 4.79 Å². The largest absolute Gasteiger partial charge is 0.392 e. The van der Waals surface area contributed by atoms with Gasteiger partial charge in [0.05, 0.1) is 0 Å². The Balaban J connectivity index is 3.40. The van der Waals surface area contributed by atoms with Crippen LogP contribution < -0.4 is 0 Å². The molecule has 3 nitrogen and oxygen atoms in total. The summed E-state index contributed by atoms with van der Waals surface area (Å²) in [5.41, 5.74) is 0. The molecule has 0 aliphatic heterocycles. The van der Waals surface area contributed by atoms with Gasteiger partial charge in [-0.1, -0.05) is 194 Å². The maximum absolute atomic E-state index is 12.1. The number of unbranched alkanes of at least 4 members (excludes halogenated alkanes) is 27. The third-order valence-corrected chi connectivity index (χ3v) is 8.66. The molecule has 0 aliphatic rings. The van der Waals surface area contributed by atoms with Crippen molar-refractivity contribution >= 4 is 23.5 Å². The maximum atomic E-state index is 12.1. The minimum absolute atomic E-state index is 0.326. The van der Waals surface area contributed by atoms with Gasteiger partial charge in [-0.2, -0.15) is 0 Å². The van der Waals surface area contributed by atoms with Crippen molar-refractivity contribution in [1.29, 1.82) is 0 Å². The van der Waals surface area contributed by atoms with Crippen molar-refractivity contribution in [2.24, 2.45) is 0 Å². The van der Waals surface area contributed by atoms with Gasteiger partial charge >= 0.3 is 11.9 Å². The van der Waals surface area contributed by atoms with Crippen LogP contribution >= 0.6 is 11.6 Å². The van der Waals surface area contributed by atoms with Crippen LogP contribution in [0.3, 0.4) is 0 Å². The van der Waals surface area contributed by atoms with Crippen molar-refractivity contribution in [2.75, 3.05) is 0 Å². The van der Waals surface area contributed by atoms with Gasteiger partial charge in [0.15, 0.2) is 0 Å². The fraction of sp³-hybridized carbons (Fsp3) is 0.944. The maximum Gasteiger partial charge on any atom is 0.331 e. The zero-order valence-electron chi connectivity index (χ0n) is 27.1. The predicted octanol–water partition coefficient (Wildman–Crippen LogP) is 12.8. The van der Waals surface area contributed by atoms with E-state index in [1.165, 1.54) is 154 Å². The molecule has 238 valence electrons. The first kappa shape index (κ1) is 39.4. The molecule has 0 radical (unpaired) electrons. The Morgan fingerprint density at radius 2 is 0.725 bits per heavy atom. The smallest absolute Gasteiger partial charge is 0.331 e. The molecular formula is C36H69ClO3. The molecule has 0 amide bonds. The van der Waals surface area contributed by atoms with Crippen LogP contribution in [0.4, 0.5) is 0 Å². The molecule has 0 aromatic rings. The van der Waals surface area contributed by atoms with Crippen LogP contribution in [0, 0.1) is 0 Å². The van der Waals surface area contributed by atoms with E-state index in [1.807, 2.05) is 0 Å². The molecule has 0 saturated carbocycles. The molecule has 0 spiro atoms. The Morgan fingerprint density at radius 3 is 1.05 bits per heavy atom. The number of hydrogen-bond acceptors (Lipinski definition) is 3. The first-order chi connectivity index (χ1) is 19.6. The highest BCUT2D eigenvalue weighted by Gasteiger charge is 2.19. The highest BCUT2D eigenvalue weighted by Crippen LogP contribution is 2.17. The van der Waals surface area contributed by atoms with Gasteiger partial charge in [0.25, 0.3) is 0 Å². The van der Waals surface area contributed by atoms with E-state index in [2.05, 4.69) is 13.8 Å². The highest BCUT2D eigenvalue weighted by molar-refractivity contribution is 6.30. The number of halogens is 1. The van der Waals surface area contributed by atoms with E-state index in [0.29, 0.717) is 12.8 Å². The zero-order chi connectivity index (χ0) is 29.4. The summed E-state index contributed by atoms with van der Waals surface area (Å²) in [4.78, 5) is 24.1. The van der Waals surface area contributed by atoms with Crippen molar-refractivity contribution < 1.29 is 14.3 Å². The molecule has 0 aromatic heterocycles. The van der Waals surface area contributed by atoms with Crippen molar-refractivity contribution in [3.8, 4) is 0 Å². The second-order valence-corrected chi connectivity index (χ2v) is 12.9. The van der Waals surface area contributed by atoms with Crippen LogP contribution in [0.5, 0.6) is 0 Å². The van der Waals surface area contributed by atoms with Crippen molar-refractivity contribution in [2.45, 2.75) is 218 Å². The van der Waals surface area contributed by atoms with Crippen LogP contribution in [0.15, 0.2) is 0 Å². The highest BCUT2D eigenvalue weighted by atomic mass is 35.5. The second-order valence-electron chi connectivity index (χ2n) is 12.3. The molecule has 40 heavy (non-hydrogen) atoms. The lowest BCUT2D eigenvalue weighted by Gasteiger charge is -2.09. The minimum atomic E-state index is -0.692. The quantitative estimate of drug-likeness (QED) is 0.0341. The summed E-state index contributed by atoms with van der Waals surface area (Å²) in [6, 6.07) is 0. The molecule has 0 aliphatic carbocycles. The first-order valence-corrected chi connectivity index (χ1v) is 18.4. The van der Waals surface area contributed by atoms with Gasteiger partial charge in [-0.15, -0.1) is 11.6 Å².